The van der Waals surface area contributed by atoms with Crippen LogP contribution < -0.4 is 4.74 Å². The third-order valence-corrected chi connectivity index (χ3v) is 3.40. The van der Waals surface area contributed by atoms with E-state index in [2.05, 4.69) is 6.07 Å². The van der Waals surface area contributed by atoms with Crippen LogP contribution in [0.1, 0.15) is 12.5 Å². The summed E-state index contributed by atoms with van der Waals surface area (Å²) in [6, 6.07) is 10.1. The predicted molar refractivity (Wildman–Crippen MR) is 74.0 cm³/mol. The molecule has 20 heavy (non-hydrogen) atoms. The number of hydrogen-bond donors (Lipinski definition) is 0. The lowest BCUT2D eigenvalue weighted by atomic mass is 10.2. The molecule has 0 atom stereocenters. The standard InChI is InChI=1S/C15H11F2NOS/c1-2-20-15-5-3-4-14(13(15)9-18)19-12-7-10(16)6-11(17)8-12/h3-8H,2H2,1H3. The molecular formula is C15H11F2NOS. The lowest BCUT2D eigenvalue weighted by molar-refractivity contribution is 0.465. The van der Waals surface area contributed by atoms with Gasteiger partial charge in [0.25, 0.3) is 0 Å². The number of rotatable bonds is 4. The fourth-order valence-corrected chi connectivity index (χ4v) is 2.47. The third-order valence-electron chi connectivity index (χ3n) is 2.46. The Kier molecular flexibility index (Phi) is 4.59. The van der Waals surface area contributed by atoms with Crippen LogP contribution in [0.4, 0.5) is 8.78 Å². The highest BCUT2D eigenvalue weighted by molar-refractivity contribution is 7.99. The highest BCUT2D eigenvalue weighted by atomic mass is 32.2. The van der Waals surface area contributed by atoms with Gasteiger partial charge in [-0.1, -0.05) is 13.0 Å². The Morgan fingerprint density at radius 3 is 2.50 bits per heavy atom. The van der Waals surface area contributed by atoms with Crippen molar-refractivity contribution in [1.29, 1.82) is 5.26 Å². The van der Waals surface area contributed by atoms with Crippen LogP contribution in [-0.4, -0.2) is 5.75 Å². The second kappa shape index (κ2) is 6.40. The average molecular weight is 291 g/mol. The summed E-state index contributed by atoms with van der Waals surface area (Å²) in [6.45, 7) is 1.97. The van der Waals surface area contributed by atoms with Gasteiger partial charge in [-0.2, -0.15) is 5.26 Å². The minimum atomic E-state index is -0.724. The molecular weight excluding hydrogens is 280 g/mol. The van der Waals surface area contributed by atoms with Crippen LogP contribution in [0.15, 0.2) is 41.3 Å². The normalized spacial score (nSPS) is 10.1. The van der Waals surface area contributed by atoms with Crippen molar-refractivity contribution in [2.75, 3.05) is 5.75 Å². The number of thioether (sulfide) groups is 1. The van der Waals surface area contributed by atoms with Crippen LogP contribution in [0.3, 0.4) is 0 Å². The second-order valence-corrected chi connectivity index (χ2v) is 5.19. The van der Waals surface area contributed by atoms with Crippen molar-refractivity contribution in [3.63, 3.8) is 0 Å². The second-order valence-electron chi connectivity index (χ2n) is 3.88. The van der Waals surface area contributed by atoms with Gasteiger partial charge in [0.1, 0.15) is 34.8 Å². The van der Waals surface area contributed by atoms with Gasteiger partial charge in [0, 0.05) is 23.1 Å². The van der Waals surface area contributed by atoms with Gasteiger partial charge in [-0.3, -0.25) is 0 Å². The van der Waals surface area contributed by atoms with E-state index in [4.69, 9.17) is 4.74 Å². The van der Waals surface area contributed by atoms with Crippen LogP contribution in [0.5, 0.6) is 11.5 Å². The molecule has 2 aromatic carbocycles. The summed E-state index contributed by atoms with van der Waals surface area (Å²) in [5.74, 6) is -0.323. The van der Waals surface area contributed by atoms with Gasteiger partial charge in [-0.15, -0.1) is 11.8 Å². The van der Waals surface area contributed by atoms with E-state index in [1.165, 1.54) is 11.8 Å². The lowest BCUT2D eigenvalue weighted by Gasteiger charge is -2.10. The van der Waals surface area contributed by atoms with Crippen molar-refractivity contribution in [2.45, 2.75) is 11.8 Å². The summed E-state index contributed by atoms with van der Waals surface area (Å²) in [5.41, 5.74) is 0.365. The summed E-state index contributed by atoms with van der Waals surface area (Å²) in [4.78, 5) is 0.782. The summed E-state index contributed by atoms with van der Waals surface area (Å²) in [5, 5.41) is 9.22. The van der Waals surface area contributed by atoms with Gasteiger partial charge in [0.2, 0.25) is 0 Å². The first kappa shape index (κ1) is 14.4. The van der Waals surface area contributed by atoms with Crippen LogP contribution in [-0.2, 0) is 0 Å². The molecule has 0 aromatic heterocycles. The molecule has 102 valence electrons. The molecule has 2 nitrogen and oxygen atoms in total. The van der Waals surface area contributed by atoms with E-state index < -0.39 is 11.6 Å². The minimum absolute atomic E-state index is 0.0256. The van der Waals surface area contributed by atoms with Gasteiger partial charge < -0.3 is 4.74 Å². The fraction of sp³-hybridized carbons (Fsp3) is 0.133. The lowest BCUT2D eigenvalue weighted by Crippen LogP contribution is -1.92. The minimum Gasteiger partial charge on any atom is -0.456 e. The Morgan fingerprint density at radius 1 is 1.20 bits per heavy atom. The zero-order chi connectivity index (χ0) is 14.5. The summed E-state index contributed by atoms with van der Waals surface area (Å²) < 4.78 is 31.7. The topological polar surface area (TPSA) is 33.0 Å². The molecule has 2 aromatic rings. The van der Waals surface area contributed by atoms with Crippen molar-refractivity contribution in [1.82, 2.24) is 0 Å². The van der Waals surface area contributed by atoms with Crippen LogP contribution in [0, 0.1) is 23.0 Å². The molecule has 0 unspecified atom stereocenters. The van der Waals surface area contributed by atoms with E-state index in [9.17, 15) is 14.0 Å². The molecule has 0 amide bonds. The summed E-state index contributed by atoms with van der Waals surface area (Å²) in [6.07, 6.45) is 0. The highest BCUT2D eigenvalue weighted by Gasteiger charge is 2.11. The Bertz CT molecular complexity index is 647. The van der Waals surface area contributed by atoms with Crippen molar-refractivity contribution in [3.8, 4) is 17.6 Å². The SMILES string of the molecule is CCSc1cccc(Oc2cc(F)cc(F)c2)c1C#N. The number of benzene rings is 2. The third kappa shape index (κ3) is 3.28. The first-order valence-corrected chi connectivity index (χ1v) is 6.92. The molecule has 0 radical (unpaired) electrons. The Hall–Kier alpha value is -2.06. The van der Waals surface area contributed by atoms with Crippen molar-refractivity contribution >= 4 is 11.8 Å². The average Bonchev–Trinajstić information content (AvgIpc) is 2.38. The highest BCUT2D eigenvalue weighted by Crippen LogP contribution is 2.32. The smallest absolute Gasteiger partial charge is 0.146 e. The van der Waals surface area contributed by atoms with Gasteiger partial charge in [0.05, 0.1) is 0 Å². The molecule has 0 saturated carbocycles. The largest absolute Gasteiger partial charge is 0.456 e. The van der Waals surface area contributed by atoms with Crippen LogP contribution in [0.2, 0.25) is 0 Å². The molecule has 0 spiro atoms. The molecule has 0 aliphatic carbocycles. The van der Waals surface area contributed by atoms with E-state index >= 15 is 0 Å². The number of nitriles is 1. The number of hydrogen-bond acceptors (Lipinski definition) is 3. The number of nitrogens with zero attached hydrogens (tertiary/aromatic N) is 1. The quantitative estimate of drug-likeness (QED) is 0.763. The first-order chi connectivity index (χ1) is 9.63. The van der Waals surface area contributed by atoms with Gasteiger partial charge in [-0.25, -0.2) is 8.78 Å². The summed E-state index contributed by atoms with van der Waals surface area (Å²) >= 11 is 1.51. The maximum atomic E-state index is 13.1. The van der Waals surface area contributed by atoms with Gasteiger partial charge in [0.15, 0.2) is 0 Å². The molecule has 0 bridgehead atoms. The Balaban J connectivity index is 2.38. The zero-order valence-corrected chi connectivity index (χ0v) is 11.5. The van der Waals surface area contributed by atoms with Crippen LogP contribution >= 0.6 is 11.8 Å². The fourth-order valence-electron chi connectivity index (χ4n) is 1.70. The van der Waals surface area contributed by atoms with E-state index in [0.717, 1.165) is 28.8 Å². The van der Waals surface area contributed by atoms with E-state index in [-0.39, 0.29) is 11.5 Å². The molecule has 0 N–H and O–H groups in total. The molecule has 0 aliphatic rings. The molecule has 2 rings (SSSR count). The zero-order valence-electron chi connectivity index (χ0n) is 10.7. The molecule has 0 fully saturated rings. The van der Waals surface area contributed by atoms with Gasteiger partial charge >= 0.3 is 0 Å². The number of ether oxygens (including phenoxy) is 1. The maximum Gasteiger partial charge on any atom is 0.146 e. The Labute approximate surface area is 120 Å². The molecule has 0 heterocycles. The maximum absolute atomic E-state index is 13.1. The van der Waals surface area contributed by atoms with Gasteiger partial charge in [-0.05, 0) is 17.9 Å². The first-order valence-electron chi connectivity index (χ1n) is 5.94. The van der Waals surface area contributed by atoms with Crippen molar-refractivity contribution in [2.24, 2.45) is 0 Å². The van der Waals surface area contributed by atoms with Crippen LogP contribution in [0.25, 0.3) is 0 Å². The molecule has 0 saturated heterocycles. The van der Waals surface area contributed by atoms with E-state index in [0.29, 0.717) is 5.56 Å². The predicted octanol–water partition coefficient (Wildman–Crippen LogP) is 4.74. The molecule has 5 heteroatoms. The van der Waals surface area contributed by atoms with E-state index in [1.807, 2.05) is 13.0 Å². The van der Waals surface area contributed by atoms with Crippen molar-refractivity contribution < 1.29 is 13.5 Å². The number of halogens is 2. The monoisotopic (exact) mass is 291 g/mol. The van der Waals surface area contributed by atoms with E-state index in [1.54, 1.807) is 12.1 Å². The summed E-state index contributed by atoms with van der Waals surface area (Å²) in [7, 11) is 0. The Morgan fingerprint density at radius 2 is 1.90 bits per heavy atom. The molecule has 0 aliphatic heterocycles. The van der Waals surface area contributed by atoms with Crippen molar-refractivity contribution in [3.05, 3.63) is 53.6 Å².